The van der Waals surface area contributed by atoms with Crippen LogP contribution in [0.1, 0.15) is 11.6 Å². The first kappa shape index (κ1) is 23.4. The third-order valence-electron chi connectivity index (χ3n) is 5.57. The van der Waals surface area contributed by atoms with Crippen molar-refractivity contribution in [2.24, 2.45) is 0 Å². The summed E-state index contributed by atoms with van der Waals surface area (Å²) in [6, 6.07) is 20.4. The molecule has 1 atom stereocenters. The van der Waals surface area contributed by atoms with E-state index in [4.69, 9.17) is 11.6 Å². The summed E-state index contributed by atoms with van der Waals surface area (Å²) >= 11 is 5.88. The summed E-state index contributed by atoms with van der Waals surface area (Å²) in [5.74, 6) is -0.646. The lowest BCUT2D eigenvalue weighted by atomic mass is 10.0. The molecular weight excluding hydrogens is 465 g/mol. The standard InChI is InChI=1S/C24H23ClFN3O3S/c25-19-6-12-22(13-7-19)33(31,32)29-16-14-28(15-17-29)23(18-4-2-1-3-5-18)24(30)27-21-10-8-20(26)9-11-21/h1-13,23H,14-17H2,(H,27,30)/t23-/m1/s1. The van der Waals surface area contributed by atoms with E-state index in [1.807, 2.05) is 35.2 Å². The van der Waals surface area contributed by atoms with Crippen molar-refractivity contribution in [3.05, 3.63) is 95.3 Å². The number of hydrogen-bond acceptors (Lipinski definition) is 4. The van der Waals surface area contributed by atoms with Gasteiger partial charge in [0, 0.05) is 36.9 Å². The monoisotopic (exact) mass is 487 g/mol. The van der Waals surface area contributed by atoms with Crippen molar-refractivity contribution in [3.63, 3.8) is 0 Å². The van der Waals surface area contributed by atoms with E-state index in [9.17, 15) is 17.6 Å². The molecule has 1 amide bonds. The van der Waals surface area contributed by atoms with Gasteiger partial charge in [-0.25, -0.2) is 12.8 Å². The number of anilines is 1. The molecule has 0 spiro atoms. The number of hydrogen-bond donors (Lipinski definition) is 1. The van der Waals surface area contributed by atoms with Gasteiger partial charge in [-0.05, 0) is 54.1 Å². The zero-order valence-electron chi connectivity index (χ0n) is 17.7. The highest BCUT2D eigenvalue weighted by molar-refractivity contribution is 7.89. The molecular formula is C24H23ClFN3O3S. The van der Waals surface area contributed by atoms with Crippen molar-refractivity contribution in [1.82, 2.24) is 9.21 Å². The minimum Gasteiger partial charge on any atom is -0.324 e. The summed E-state index contributed by atoms with van der Waals surface area (Å²) in [5.41, 5.74) is 1.29. The molecule has 1 fully saturated rings. The van der Waals surface area contributed by atoms with Gasteiger partial charge in [-0.3, -0.25) is 9.69 Å². The number of amides is 1. The van der Waals surface area contributed by atoms with Gasteiger partial charge in [0.25, 0.3) is 0 Å². The number of halogens is 2. The molecule has 3 aromatic carbocycles. The predicted molar refractivity (Wildman–Crippen MR) is 126 cm³/mol. The third kappa shape index (κ3) is 5.42. The van der Waals surface area contributed by atoms with Crippen LogP contribution in [0.2, 0.25) is 5.02 Å². The van der Waals surface area contributed by atoms with E-state index in [-0.39, 0.29) is 29.7 Å². The fourth-order valence-corrected chi connectivity index (χ4v) is 5.41. The first-order valence-electron chi connectivity index (χ1n) is 10.5. The van der Waals surface area contributed by atoms with Gasteiger partial charge < -0.3 is 5.32 Å². The molecule has 0 aliphatic carbocycles. The number of carbonyl (C=O) groups is 1. The molecule has 1 aliphatic rings. The highest BCUT2D eigenvalue weighted by atomic mass is 35.5. The Labute approximate surface area is 197 Å². The van der Waals surface area contributed by atoms with Crippen molar-refractivity contribution < 1.29 is 17.6 Å². The van der Waals surface area contributed by atoms with E-state index >= 15 is 0 Å². The quantitative estimate of drug-likeness (QED) is 0.566. The SMILES string of the molecule is O=C(Nc1ccc(F)cc1)[C@@H](c1ccccc1)N1CCN(S(=O)(=O)c2ccc(Cl)cc2)CC1. The van der Waals surface area contributed by atoms with Crippen LogP contribution in [0.25, 0.3) is 0 Å². The summed E-state index contributed by atoms with van der Waals surface area (Å²) < 4.78 is 40.7. The summed E-state index contributed by atoms with van der Waals surface area (Å²) in [5, 5.41) is 3.32. The van der Waals surface area contributed by atoms with Crippen molar-refractivity contribution >= 4 is 33.2 Å². The topological polar surface area (TPSA) is 69.7 Å². The number of benzene rings is 3. The Morgan fingerprint density at radius 1 is 0.879 bits per heavy atom. The molecule has 0 aromatic heterocycles. The molecule has 4 rings (SSSR count). The van der Waals surface area contributed by atoms with Crippen molar-refractivity contribution in [1.29, 1.82) is 0 Å². The van der Waals surface area contributed by atoms with E-state index in [2.05, 4.69) is 5.32 Å². The number of rotatable bonds is 6. The molecule has 172 valence electrons. The van der Waals surface area contributed by atoms with Gasteiger partial charge in [-0.15, -0.1) is 0 Å². The minimum absolute atomic E-state index is 0.189. The van der Waals surface area contributed by atoms with Crippen LogP contribution in [0, 0.1) is 5.82 Å². The van der Waals surface area contributed by atoms with Gasteiger partial charge in [-0.2, -0.15) is 4.31 Å². The maximum absolute atomic E-state index is 13.2. The highest BCUT2D eigenvalue weighted by Gasteiger charge is 2.34. The average molecular weight is 488 g/mol. The van der Waals surface area contributed by atoms with Crippen molar-refractivity contribution in [2.75, 3.05) is 31.5 Å². The van der Waals surface area contributed by atoms with E-state index in [0.29, 0.717) is 23.8 Å². The van der Waals surface area contributed by atoms with E-state index in [1.165, 1.54) is 40.7 Å². The molecule has 0 saturated carbocycles. The molecule has 1 N–H and O–H groups in total. The first-order chi connectivity index (χ1) is 15.8. The van der Waals surface area contributed by atoms with Crippen LogP contribution in [0.3, 0.4) is 0 Å². The van der Waals surface area contributed by atoms with Crippen LogP contribution in [0.4, 0.5) is 10.1 Å². The van der Waals surface area contributed by atoms with Crippen LogP contribution >= 0.6 is 11.6 Å². The van der Waals surface area contributed by atoms with Crippen molar-refractivity contribution in [2.45, 2.75) is 10.9 Å². The fraction of sp³-hybridized carbons (Fsp3) is 0.208. The largest absolute Gasteiger partial charge is 0.324 e. The van der Waals surface area contributed by atoms with Crippen LogP contribution in [0.5, 0.6) is 0 Å². The van der Waals surface area contributed by atoms with Gasteiger partial charge in [0.05, 0.1) is 4.90 Å². The Bertz CT molecular complexity index is 1200. The number of piperazine rings is 1. The predicted octanol–water partition coefficient (Wildman–Crippen LogP) is 4.17. The molecule has 6 nitrogen and oxygen atoms in total. The Morgan fingerprint density at radius 3 is 2.09 bits per heavy atom. The van der Waals surface area contributed by atoms with Crippen molar-refractivity contribution in [3.8, 4) is 0 Å². The highest BCUT2D eigenvalue weighted by Crippen LogP contribution is 2.26. The summed E-state index contributed by atoms with van der Waals surface area (Å²) in [6.07, 6.45) is 0. The molecule has 1 aliphatic heterocycles. The zero-order valence-corrected chi connectivity index (χ0v) is 19.3. The number of nitrogens with one attached hydrogen (secondary N) is 1. The Kier molecular flexibility index (Phi) is 7.09. The van der Waals surface area contributed by atoms with Crippen LogP contribution in [-0.4, -0.2) is 49.7 Å². The van der Waals surface area contributed by atoms with Gasteiger partial charge in [0.1, 0.15) is 11.9 Å². The molecule has 3 aromatic rings. The molecule has 9 heteroatoms. The lowest BCUT2D eigenvalue weighted by Gasteiger charge is -2.38. The normalized spacial score (nSPS) is 16.3. The van der Waals surface area contributed by atoms with Gasteiger partial charge in [-0.1, -0.05) is 41.9 Å². The summed E-state index contributed by atoms with van der Waals surface area (Å²) in [7, 11) is -3.65. The number of nitrogens with zero attached hydrogens (tertiary/aromatic N) is 2. The summed E-state index contributed by atoms with van der Waals surface area (Å²) in [6.45, 7) is 1.25. The Hall–Kier alpha value is -2.78. The summed E-state index contributed by atoms with van der Waals surface area (Å²) in [4.78, 5) is 15.4. The lowest BCUT2D eigenvalue weighted by Crippen LogP contribution is -2.51. The molecule has 33 heavy (non-hydrogen) atoms. The minimum atomic E-state index is -3.65. The molecule has 1 saturated heterocycles. The second kappa shape index (κ2) is 10.0. The van der Waals surface area contributed by atoms with Gasteiger partial charge >= 0.3 is 0 Å². The Balaban J connectivity index is 1.51. The maximum Gasteiger partial charge on any atom is 0.246 e. The van der Waals surface area contributed by atoms with E-state index < -0.39 is 16.1 Å². The zero-order chi connectivity index (χ0) is 23.4. The Morgan fingerprint density at radius 2 is 1.48 bits per heavy atom. The van der Waals surface area contributed by atoms with Gasteiger partial charge in [0.2, 0.25) is 15.9 Å². The van der Waals surface area contributed by atoms with Crippen LogP contribution < -0.4 is 5.32 Å². The van der Waals surface area contributed by atoms with Crippen LogP contribution in [0.15, 0.2) is 83.8 Å². The second-order valence-corrected chi connectivity index (χ2v) is 10.1. The van der Waals surface area contributed by atoms with Crippen LogP contribution in [-0.2, 0) is 14.8 Å². The fourth-order valence-electron chi connectivity index (χ4n) is 3.86. The van der Waals surface area contributed by atoms with Gasteiger partial charge in [0.15, 0.2) is 0 Å². The molecule has 0 bridgehead atoms. The first-order valence-corrected chi connectivity index (χ1v) is 12.3. The smallest absolute Gasteiger partial charge is 0.246 e. The number of carbonyl (C=O) groups excluding carboxylic acids is 1. The second-order valence-electron chi connectivity index (χ2n) is 7.70. The average Bonchev–Trinajstić information content (AvgIpc) is 2.82. The molecule has 0 radical (unpaired) electrons. The third-order valence-corrected chi connectivity index (χ3v) is 7.73. The molecule has 1 heterocycles. The number of sulfonamides is 1. The lowest BCUT2D eigenvalue weighted by molar-refractivity contribution is -0.122. The van der Waals surface area contributed by atoms with E-state index in [0.717, 1.165) is 5.56 Å². The molecule has 0 unspecified atom stereocenters. The van der Waals surface area contributed by atoms with E-state index in [1.54, 1.807) is 12.1 Å². The maximum atomic E-state index is 13.2.